The molecule has 0 radical (unpaired) electrons. The van der Waals surface area contributed by atoms with Crippen LogP contribution in [0.2, 0.25) is 0 Å². The Hall–Kier alpha value is -3.96. The number of H-pyrrole nitrogens is 1. The highest BCUT2D eigenvalue weighted by molar-refractivity contribution is 7.90. The van der Waals surface area contributed by atoms with E-state index in [1.54, 1.807) is 7.11 Å². The van der Waals surface area contributed by atoms with Crippen molar-refractivity contribution >= 4 is 45.2 Å². The molecule has 1 saturated carbocycles. The molecule has 3 aromatic heterocycles. The van der Waals surface area contributed by atoms with Crippen molar-refractivity contribution in [3.8, 4) is 0 Å². The summed E-state index contributed by atoms with van der Waals surface area (Å²) in [6, 6.07) is 1.35. The van der Waals surface area contributed by atoms with E-state index in [-0.39, 0.29) is 17.8 Å². The van der Waals surface area contributed by atoms with Crippen LogP contribution in [-0.2, 0) is 19.4 Å². The van der Waals surface area contributed by atoms with Gasteiger partial charge in [0.1, 0.15) is 15.9 Å². The molecule has 0 unspecified atom stereocenters. The molecule has 0 spiro atoms. The van der Waals surface area contributed by atoms with Gasteiger partial charge in [-0.2, -0.15) is 20.1 Å². The van der Waals surface area contributed by atoms with Crippen molar-refractivity contribution in [2.24, 2.45) is 0 Å². The Morgan fingerprint density at radius 3 is 2.58 bits per heavy atom. The third-order valence-corrected chi connectivity index (χ3v) is 8.79. The molecule has 2 aliphatic heterocycles. The number of aromatic nitrogens is 7. The van der Waals surface area contributed by atoms with Gasteiger partial charge in [-0.05, 0) is 12.8 Å². The summed E-state index contributed by atoms with van der Waals surface area (Å²) in [7, 11) is -1.42. The zero-order valence-corrected chi connectivity index (χ0v) is 25.0. The number of carbonyl (C=O) groups is 1. The number of aromatic amines is 1. The third kappa shape index (κ3) is 7.34. The van der Waals surface area contributed by atoms with E-state index in [0.717, 1.165) is 18.5 Å². The van der Waals surface area contributed by atoms with Crippen molar-refractivity contribution in [2.45, 2.75) is 37.3 Å². The maximum atomic E-state index is 13.4. The molecular weight excluding hydrogens is 576 g/mol. The standard InChI is InChI=1S/C26H36N12O4S/c1-42-18-13-20(23(39)29-22-15-27-5-6-28-22)38(16-18)26-32-24(30-21-14-19(34-35-21)17-3-4-17)31-25(33-26)37-9-7-36(8-10-37)11-12-43(2,40)41/h5-6,14-15,17-18,20H,3-4,7-13,16H2,1-2H3,(H,28,29,39)(H2,30,31,32,33,34,35)/t18-,20-/m0/s1. The summed E-state index contributed by atoms with van der Waals surface area (Å²) < 4.78 is 28.9. The van der Waals surface area contributed by atoms with Gasteiger partial charge in [0.2, 0.25) is 23.8 Å². The first-order chi connectivity index (χ1) is 20.7. The first-order valence-electron chi connectivity index (χ1n) is 14.3. The number of carbonyl (C=O) groups excluding carboxylic acids is 1. The maximum Gasteiger partial charge on any atom is 0.248 e. The number of rotatable bonds is 11. The van der Waals surface area contributed by atoms with E-state index in [1.807, 2.05) is 15.9 Å². The second-order valence-electron chi connectivity index (χ2n) is 11.2. The molecule has 6 rings (SSSR count). The molecule has 1 aliphatic carbocycles. The van der Waals surface area contributed by atoms with Crippen molar-refractivity contribution in [1.29, 1.82) is 0 Å². The SMILES string of the molecule is CO[C@H]1C[C@@H](C(=O)Nc2cnccn2)N(c2nc(Nc3cc(C4CC4)[nH]n3)nc(N3CCN(CCS(C)(=O)=O)CC3)n2)C1. The van der Waals surface area contributed by atoms with Crippen LogP contribution in [0, 0.1) is 0 Å². The minimum Gasteiger partial charge on any atom is -0.380 e. The molecule has 3 aromatic rings. The maximum absolute atomic E-state index is 13.4. The number of methoxy groups -OCH3 is 1. The normalized spacial score (nSPS) is 21.3. The number of anilines is 5. The van der Waals surface area contributed by atoms with Crippen molar-refractivity contribution in [2.75, 3.05) is 78.8 Å². The Morgan fingerprint density at radius 2 is 1.88 bits per heavy atom. The topological polar surface area (TPSA) is 187 Å². The van der Waals surface area contributed by atoms with E-state index in [9.17, 15) is 13.2 Å². The summed E-state index contributed by atoms with van der Waals surface area (Å²) >= 11 is 0. The fourth-order valence-corrected chi connectivity index (χ4v) is 5.87. The number of sulfone groups is 1. The van der Waals surface area contributed by atoms with Crippen LogP contribution in [0.5, 0.6) is 0 Å². The largest absolute Gasteiger partial charge is 0.380 e. The van der Waals surface area contributed by atoms with Crippen molar-refractivity contribution in [1.82, 2.24) is 40.0 Å². The fourth-order valence-electron chi connectivity index (χ4n) is 5.28. The zero-order chi connectivity index (χ0) is 30.0. The van der Waals surface area contributed by atoms with Crippen LogP contribution < -0.4 is 20.4 Å². The van der Waals surface area contributed by atoms with Gasteiger partial charge >= 0.3 is 0 Å². The molecule has 0 bridgehead atoms. The van der Waals surface area contributed by atoms with E-state index < -0.39 is 15.9 Å². The van der Waals surface area contributed by atoms with Gasteiger partial charge in [-0.25, -0.2) is 13.4 Å². The molecule has 3 aliphatic rings. The average molecular weight is 613 g/mol. The zero-order valence-electron chi connectivity index (χ0n) is 24.2. The molecule has 2 saturated heterocycles. The number of amides is 1. The first-order valence-corrected chi connectivity index (χ1v) is 16.4. The van der Waals surface area contributed by atoms with E-state index in [2.05, 4.69) is 35.7 Å². The van der Waals surface area contributed by atoms with E-state index in [1.165, 1.54) is 24.8 Å². The van der Waals surface area contributed by atoms with Gasteiger partial charge in [-0.3, -0.25) is 19.8 Å². The summed E-state index contributed by atoms with van der Waals surface area (Å²) in [5, 5.41) is 13.5. The third-order valence-electron chi connectivity index (χ3n) is 7.87. The minimum atomic E-state index is -3.04. The highest BCUT2D eigenvalue weighted by Crippen LogP contribution is 2.39. The van der Waals surface area contributed by atoms with Crippen LogP contribution in [-0.4, -0.2) is 125 Å². The van der Waals surface area contributed by atoms with E-state index >= 15 is 0 Å². The summed E-state index contributed by atoms with van der Waals surface area (Å²) in [5.41, 5.74) is 1.07. The summed E-state index contributed by atoms with van der Waals surface area (Å²) in [6.45, 7) is 3.45. The Labute approximate surface area is 249 Å². The Bertz CT molecular complexity index is 1530. The van der Waals surface area contributed by atoms with E-state index in [4.69, 9.17) is 19.7 Å². The lowest BCUT2D eigenvalue weighted by Crippen LogP contribution is -2.48. The summed E-state index contributed by atoms with van der Waals surface area (Å²) in [4.78, 5) is 41.9. The average Bonchev–Trinajstić information content (AvgIpc) is 3.58. The highest BCUT2D eigenvalue weighted by atomic mass is 32.2. The predicted molar refractivity (Wildman–Crippen MR) is 159 cm³/mol. The predicted octanol–water partition coefficient (Wildman–Crippen LogP) is 0.405. The van der Waals surface area contributed by atoms with Gasteiger partial charge in [0, 0.05) is 89.1 Å². The minimum absolute atomic E-state index is 0.122. The van der Waals surface area contributed by atoms with E-state index in [0.29, 0.717) is 81.1 Å². The number of nitrogens with zero attached hydrogens (tertiary/aromatic N) is 9. The van der Waals surface area contributed by atoms with Crippen molar-refractivity contribution in [3.05, 3.63) is 30.4 Å². The number of nitrogens with one attached hydrogen (secondary N) is 3. The van der Waals surface area contributed by atoms with Gasteiger partial charge < -0.3 is 25.2 Å². The van der Waals surface area contributed by atoms with Crippen LogP contribution in [0.4, 0.5) is 29.5 Å². The van der Waals surface area contributed by atoms with Crippen molar-refractivity contribution in [3.63, 3.8) is 0 Å². The number of hydrogen-bond acceptors (Lipinski definition) is 14. The van der Waals surface area contributed by atoms with Crippen LogP contribution in [0.3, 0.4) is 0 Å². The molecule has 16 nitrogen and oxygen atoms in total. The first kappa shape index (κ1) is 29.1. The summed E-state index contributed by atoms with van der Waals surface area (Å²) in [5.74, 6) is 2.42. The molecule has 2 atom stereocenters. The van der Waals surface area contributed by atoms with Gasteiger partial charge in [0.25, 0.3) is 0 Å². The van der Waals surface area contributed by atoms with Crippen molar-refractivity contribution < 1.29 is 17.9 Å². The second kappa shape index (κ2) is 12.3. The lowest BCUT2D eigenvalue weighted by molar-refractivity contribution is -0.117. The van der Waals surface area contributed by atoms with Gasteiger partial charge in [-0.15, -0.1) is 0 Å². The molecular formula is C26H36N12O4S. The fraction of sp³-hybridized carbons (Fsp3) is 0.577. The molecule has 230 valence electrons. The molecule has 1 amide bonds. The number of piperazine rings is 1. The molecule has 3 N–H and O–H groups in total. The molecule has 17 heteroatoms. The Kier molecular flexibility index (Phi) is 8.36. The quantitative estimate of drug-likeness (QED) is 0.270. The smallest absolute Gasteiger partial charge is 0.248 e. The Balaban J connectivity index is 1.26. The summed E-state index contributed by atoms with van der Waals surface area (Å²) in [6.07, 6.45) is 8.32. The Morgan fingerprint density at radius 1 is 1.09 bits per heavy atom. The van der Waals surface area contributed by atoms with Crippen LogP contribution >= 0.6 is 0 Å². The van der Waals surface area contributed by atoms with Gasteiger partial charge in [0.15, 0.2) is 11.6 Å². The lowest BCUT2D eigenvalue weighted by Gasteiger charge is -2.35. The van der Waals surface area contributed by atoms with Gasteiger partial charge in [-0.1, -0.05) is 0 Å². The number of ether oxygens (including phenoxy) is 1. The van der Waals surface area contributed by atoms with Crippen LogP contribution in [0.1, 0.15) is 30.9 Å². The monoisotopic (exact) mass is 612 g/mol. The number of hydrogen-bond donors (Lipinski definition) is 3. The molecule has 3 fully saturated rings. The second-order valence-corrected chi connectivity index (χ2v) is 13.4. The molecule has 0 aromatic carbocycles. The molecule has 5 heterocycles. The highest BCUT2D eigenvalue weighted by Gasteiger charge is 2.39. The molecule has 43 heavy (non-hydrogen) atoms. The van der Waals surface area contributed by atoms with Crippen LogP contribution in [0.15, 0.2) is 24.7 Å². The van der Waals surface area contributed by atoms with Crippen LogP contribution in [0.25, 0.3) is 0 Å². The van der Waals surface area contributed by atoms with Gasteiger partial charge in [0.05, 0.1) is 18.1 Å². The lowest BCUT2D eigenvalue weighted by atomic mass is 10.2.